The fourth-order valence-electron chi connectivity index (χ4n) is 2.02. The van der Waals surface area contributed by atoms with Crippen molar-refractivity contribution in [3.63, 3.8) is 0 Å². The molecule has 1 amide bonds. The van der Waals surface area contributed by atoms with E-state index in [1.165, 1.54) is 0 Å². The van der Waals surface area contributed by atoms with Crippen LogP contribution in [-0.4, -0.2) is 53.3 Å². The number of carbonyl (C=O) groups is 2. The van der Waals surface area contributed by atoms with E-state index in [0.717, 1.165) is 19.4 Å². The quantitative estimate of drug-likeness (QED) is 0.788. The Balaban J connectivity index is 2.34. The van der Waals surface area contributed by atoms with Crippen LogP contribution in [0.2, 0.25) is 0 Å². The molecule has 1 heterocycles. The first-order valence-corrected chi connectivity index (χ1v) is 6.20. The van der Waals surface area contributed by atoms with Crippen molar-refractivity contribution >= 4 is 12.1 Å². The summed E-state index contributed by atoms with van der Waals surface area (Å²) in [7, 11) is 0. The van der Waals surface area contributed by atoms with Gasteiger partial charge in [0.2, 0.25) is 0 Å². The van der Waals surface area contributed by atoms with Gasteiger partial charge in [-0.05, 0) is 40.2 Å². The molecule has 0 aliphatic carbocycles. The largest absolute Gasteiger partial charge is 0.480 e. The van der Waals surface area contributed by atoms with Gasteiger partial charge < -0.3 is 15.2 Å². The molecule has 1 aliphatic heterocycles. The molecule has 0 bridgehead atoms. The molecule has 1 unspecified atom stereocenters. The maximum Gasteiger partial charge on any atom is 0.407 e. The molecule has 1 rings (SSSR count). The number of carbonyl (C=O) groups excluding carboxylic acids is 1. The van der Waals surface area contributed by atoms with E-state index in [4.69, 9.17) is 9.84 Å². The molecule has 0 aromatic rings. The first-order valence-electron chi connectivity index (χ1n) is 6.20. The third-order valence-electron chi connectivity index (χ3n) is 2.72. The third-order valence-corrected chi connectivity index (χ3v) is 2.72. The van der Waals surface area contributed by atoms with Crippen molar-refractivity contribution in [3.8, 4) is 0 Å². The molecule has 0 aromatic carbocycles. The highest BCUT2D eigenvalue weighted by Crippen LogP contribution is 2.16. The van der Waals surface area contributed by atoms with Gasteiger partial charge in [0, 0.05) is 12.6 Å². The van der Waals surface area contributed by atoms with Crippen LogP contribution in [0.3, 0.4) is 0 Å². The molecule has 1 fully saturated rings. The number of aliphatic carboxylic acids is 1. The van der Waals surface area contributed by atoms with Crippen molar-refractivity contribution < 1.29 is 19.4 Å². The minimum absolute atomic E-state index is 0.0284. The first-order chi connectivity index (χ1) is 8.28. The number of nitrogens with zero attached hydrogens (tertiary/aromatic N) is 1. The maximum absolute atomic E-state index is 11.5. The fraction of sp³-hybridized carbons (Fsp3) is 0.833. The van der Waals surface area contributed by atoms with Crippen molar-refractivity contribution in [2.75, 3.05) is 19.6 Å². The van der Waals surface area contributed by atoms with Gasteiger partial charge in [-0.15, -0.1) is 0 Å². The summed E-state index contributed by atoms with van der Waals surface area (Å²) in [6.45, 7) is 6.65. The average Bonchev–Trinajstić information content (AvgIpc) is 2.58. The number of alkyl carbamates (subject to hydrolysis) is 1. The highest BCUT2D eigenvalue weighted by molar-refractivity contribution is 5.69. The number of carboxylic acids is 1. The Morgan fingerprint density at radius 3 is 2.67 bits per heavy atom. The van der Waals surface area contributed by atoms with Crippen LogP contribution in [0.5, 0.6) is 0 Å². The topological polar surface area (TPSA) is 78.9 Å². The summed E-state index contributed by atoms with van der Waals surface area (Å²) in [5.74, 6) is -0.834. The van der Waals surface area contributed by atoms with Crippen LogP contribution in [0.4, 0.5) is 4.79 Å². The van der Waals surface area contributed by atoms with Crippen molar-refractivity contribution in [1.29, 1.82) is 0 Å². The van der Waals surface area contributed by atoms with E-state index in [9.17, 15) is 9.59 Å². The Bertz CT molecular complexity index is 312. The number of likely N-dealkylation sites (tertiary alicyclic amines) is 1. The van der Waals surface area contributed by atoms with E-state index in [2.05, 4.69) is 5.32 Å². The number of hydrogen-bond donors (Lipinski definition) is 2. The second-order valence-electron chi connectivity index (χ2n) is 5.54. The fourth-order valence-corrected chi connectivity index (χ4v) is 2.02. The molecular formula is C12H22N2O4. The summed E-state index contributed by atoms with van der Waals surface area (Å²) in [5.41, 5.74) is -0.513. The van der Waals surface area contributed by atoms with Gasteiger partial charge in [-0.3, -0.25) is 9.69 Å². The summed E-state index contributed by atoms with van der Waals surface area (Å²) < 4.78 is 5.13. The molecule has 1 saturated heterocycles. The molecule has 18 heavy (non-hydrogen) atoms. The van der Waals surface area contributed by atoms with Crippen LogP contribution < -0.4 is 5.32 Å². The van der Waals surface area contributed by atoms with Crippen LogP contribution >= 0.6 is 0 Å². The van der Waals surface area contributed by atoms with Crippen molar-refractivity contribution in [2.24, 2.45) is 0 Å². The van der Waals surface area contributed by atoms with E-state index in [-0.39, 0.29) is 12.6 Å². The van der Waals surface area contributed by atoms with Crippen LogP contribution in [-0.2, 0) is 9.53 Å². The first kappa shape index (κ1) is 14.8. The monoisotopic (exact) mass is 258 g/mol. The average molecular weight is 258 g/mol. The maximum atomic E-state index is 11.5. The molecule has 6 nitrogen and oxygen atoms in total. The van der Waals surface area contributed by atoms with Gasteiger partial charge in [-0.1, -0.05) is 0 Å². The molecule has 0 spiro atoms. The van der Waals surface area contributed by atoms with Crippen molar-refractivity contribution in [3.05, 3.63) is 0 Å². The Hall–Kier alpha value is -1.30. The van der Waals surface area contributed by atoms with Crippen LogP contribution in [0.15, 0.2) is 0 Å². The number of nitrogens with one attached hydrogen (secondary N) is 1. The van der Waals surface area contributed by atoms with Gasteiger partial charge >= 0.3 is 12.1 Å². The van der Waals surface area contributed by atoms with Gasteiger partial charge in [0.05, 0.1) is 6.54 Å². The number of ether oxygens (including phenoxy) is 1. The number of rotatable bonds is 4. The summed E-state index contributed by atoms with van der Waals surface area (Å²) in [5, 5.41) is 11.5. The Morgan fingerprint density at radius 2 is 2.11 bits per heavy atom. The van der Waals surface area contributed by atoms with Crippen molar-refractivity contribution in [2.45, 2.75) is 45.3 Å². The lowest BCUT2D eigenvalue weighted by atomic mass is 10.2. The molecule has 1 atom stereocenters. The van der Waals surface area contributed by atoms with E-state index >= 15 is 0 Å². The Labute approximate surface area is 107 Å². The minimum Gasteiger partial charge on any atom is -0.480 e. The normalized spacial score (nSPS) is 20.7. The number of amides is 1. The zero-order valence-corrected chi connectivity index (χ0v) is 11.2. The van der Waals surface area contributed by atoms with Gasteiger partial charge in [-0.25, -0.2) is 4.79 Å². The van der Waals surface area contributed by atoms with Crippen LogP contribution in [0, 0.1) is 0 Å². The molecule has 0 aromatic heterocycles. The van der Waals surface area contributed by atoms with Gasteiger partial charge in [0.15, 0.2) is 0 Å². The smallest absolute Gasteiger partial charge is 0.407 e. The Kier molecular flexibility index (Phi) is 4.95. The van der Waals surface area contributed by atoms with Gasteiger partial charge in [-0.2, -0.15) is 0 Å². The lowest BCUT2D eigenvalue weighted by molar-refractivity contribution is -0.138. The predicted molar refractivity (Wildman–Crippen MR) is 66.5 cm³/mol. The Morgan fingerprint density at radius 1 is 1.44 bits per heavy atom. The third kappa shape index (κ3) is 5.35. The lowest BCUT2D eigenvalue weighted by Crippen LogP contribution is -2.43. The van der Waals surface area contributed by atoms with Gasteiger partial charge in [0.25, 0.3) is 0 Å². The number of carboxylic acid groups (broad SMARTS) is 1. The van der Waals surface area contributed by atoms with E-state index in [1.54, 1.807) is 20.8 Å². The van der Waals surface area contributed by atoms with Gasteiger partial charge in [0.1, 0.15) is 5.60 Å². The second kappa shape index (κ2) is 6.04. The van der Waals surface area contributed by atoms with Crippen LogP contribution in [0.25, 0.3) is 0 Å². The second-order valence-corrected chi connectivity index (χ2v) is 5.54. The molecule has 0 radical (unpaired) electrons. The molecular weight excluding hydrogens is 236 g/mol. The van der Waals surface area contributed by atoms with E-state index in [0.29, 0.717) is 6.54 Å². The zero-order chi connectivity index (χ0) is 13.8. The zero-order valence-electron chi connectivity index (χ0n) is 11.2. The summed E-state index contributed by atoms with van der Waals surface area (Å²) in [4.78, 5) is 24.0. The molecule has 2 N–H and O–H groups in total. The lowest BCUT2D eigenvalue weighted by Gasteiger charge is -2.24. The molecule has 6 heteroatoms. The summed E-state index contributed by atoms with van der Waals surface area (Å²) >= 11 is 0. The highest BCUT2D eigenvalue weighted by Gasteiger charge is 2.27. The van der Waals surface area contributed by atoms with E-state index in [1.807, 2.05) is 4.90 Å². The molecule has 104 valence electrons. The minimum atomic E-state index is -0.834. The van der Waals surface area contributed by atoms with Crippen molar-refractivity contribution in [1.82, 2.24) is 10.2 Å². The molecule has 0 saturated carbocycles. The SMILES string of the molecule is CC(C)(C)OC(=O)NCC1CCCN1CC(=O)O. The predicted octanol–water partition coefficient (Wildman–Crippen LogP) is 1.06. The highest BCUT2D eigenvalue weighted by atomic mass is 16.6. The molecule has 1 aliphatic rings. The summed E-state index contributed by atoms with van der Waals surface area (Å²) in [6, 6.07) is 0.0913. The number of hydrogen-bond acceptors (Lipinski definition) is 4. The standard InChI is InChI=1S/C12H22N2O4/c1-12(2,3)18-11(17)13-7-9-5-4-6-14(9)8-10(15)16/h9H,4-8H2,1-3H3,(H,13,17)(H,15,16). The van der Waals surface area contributed by atoms with Crippen LogP contribution in [0.1, 0.15) is 33.6 Å². The summed E-state index contributed by atoms with van der Waals surface area (Å²) in [6.07, 6.45) is 1.42. The van der Waals surface area contributed by atoms with E-state index < -0.39 is 17.7 Å².